The SMILES string of the molecule is CC(C)CCC(C)NC(=O)C1CCCCN1S(=O)(=O)c1ccccc1. The van der Waals surface area contributed by atoms with Crippen molar-refractivity contribution < 1.29 is 13.2 Å². The number of carbonyl (C=O) groups is 1. The molecule has 0 bridgehead atoms. The second-order valence-electron chi connectivity index (χ2n) is 7.32. The van der Waals surface area contributed by atoms with Crippen molar-refractivity contribution in [3.05, 3.63) is 30.3 Å². The zero-order chi connectivity index (χ0) is 18.4. The first-order valence-electron chi connectivity index (χ1n) is 9.19. The minimum atomic E-state index is -3.65. The second-order valence-corrected chi connectivity index (χ2v) is 9.21. The predicted octanol–water partition coefficient (Wildman–Crippen LogP) is 3.17. The van der Waals surface area contributed by atoms with Crippen LogP contribution in [-0.2, 0) is 14.8 Å². The number of sulfonamides is 1. The number of piperidine rings is 1. The summed E-state index contributed by atoms with van der Waals surface area (Å²) in [6.45, 7) is 6.70. The van der Waals surface area contributed by atoms with Gasteiger partial charge in [-0.1, -0.05) is 38.5 Å². The molecule has 1 aromatic carbocycles. The van der Waals surface area contributed by atoms with Crippen LogP contribution in [0.1, 0.15) is 52.9 Å². The maximum absolute atomic E-state index is 12.9. The Labute approximate surface area is 151 Å². The van der Waals surface area contributed by atoms with Crippen LogP contribution in [-0.4, -0.2) is 37.3 Å². The molecule has 2 unspecified atom stereocenters. The van der Waals surface area contributed by atoms with Gasteiger partial charge in [0.15, 0.2) is 0 Å². The minimum Gasteiger partial charge on any atom is -0.352 e. The molecule has 0 spiro atoms. The zero-order valence-electron chi connectivity index (χ0n) is 15.4. The van der Waals surface area contributed by atoms with E-state index in [9.17, 15) is 13.2 Å². The lowest BCUT2D eigenvalue weighted by Crippen LogP contribution is -2.53. The van der Waals surface area contributed by atoms with Gasteiger partial charge in [0.2, 0.25) is 15.9 Å². The Kier molecular flexibility index (Phi) is 7.02. The summed E-state index contributed by atoms with van der Waals surface area (Å²) in [5.74, 6) is 0.416. The van der Waals surface area contributed by atoms with Gasteiger partial charge in [0.25, 0.3) is 0 Å². The number of nitrogens with zero attached hydrogens (tertiary/aromatic N) is 1. The Hall–Kier alpha value is -1.40. The van der Waals surface area contributed by atoms with E-state index in [1.807, 2.05) is 6.92 Å². The molecule has 1 fully saturated rings. The molecule has 1 N–H and O–H groups in total. The normalized spacial score (nSPS) is 20.4. The van der Waals surface area contributed by atoms with Gasteiger partial charge < -0.3 is 5.32 Å². The van der Waals surface area contributed by atoms with E-state index in [2.05, 4.69) is 19.2 Å². The molecule has 1 amide bonds. The highest BCUT2D eigenvalue weighted by Crippen LogP contribution is 2.25. The lowest BCUT2D eigenvalue weighted by atomic mass is 10.0. The van der Waals surface area contributed by atoms with Crippen LogP contribution in [0.5, 0.6) is 0 Å². The first-order valence-corrected chi connectivity index (χ1v) is 10.6. The Morgan fingerprint density at radius 2 is 1.84 bits per heavy atom. The maximum Gasteiger partial charge on any atom is 0.243 e. The summed E-state index contributed by atoms with van der Waals surface area (Å²) in [6, 6.07) is 7.82. The number of rotatable bonds is 7. The third kappa shape index (κ3) is 5.28. The lowest BCUT2D eigenvalue weighted by Gasteiger charge is -2.34. The molecule has 6 heteroatoms. The highest BCUT2D eigenvalue weighted by molar-refractivity contribution is 7.89. The molecular weight excluding hydrogens is 336 g/mol. The van der Waals surface area contributed by atoms with Crippen molar-refractivity contribution in [2.24, 2.45) is 5.92 Å². The third-order valence-electron chi connectivity index (χ3n) is 4.67. The van der Waals surface area contributed by atoms with Gasteiger partial charge in [-0.15, -0.1) is 0 Å². The van der Waals surface area contributed by atoms with Crippen LogP contribution in [0.4, 0.5) is 0 Å². The highest BCUT2D eigenvalue weighted by Gasteiger charge is 2.37. The fourth-order valence-corrected chi connectivity index (χ4v) is 4.85. The van der Waals surface area contributed by atoms with Gasteiger partial charge >= 0.3 is 0 Å². The van der Waals surface area contributed by atoms with E-state index in [0.29, 0.717) is 18.9 Å². The van der Waals surface area contributed by atoms with E-state index >= 15 is 0 Å². The fourth-order valence-electron chi connectivity index (χ4n) is 3.18. The van der Waals surface area contributed by atoms with Crippen LogP contribution in [0.2, 0.25) is 0 Å². The van der Waals surface area contributed by atoms with Crippen molar-refractivity contribution in [3.63, 3.8) is 0 Å². The number of nitrogens with one attached hydrogen (secondary N) is 1. The smallest absolute Gasteiger partial charge is 0.243 e. The lowest BCUT2D eigenvalue weighted by molar-refractivity contribution is -0.126. The van der Waals surface area contributed by atoms with Gasteiger partial charge in [-0.25, -0.2) is 8.42 Å². The van der Waals surface area contributed by atoms with E-state index in [1.165, 1.54) is 4.31 Å². The van der Waals surface area contributed by atoms with Gasteiger partial charge in [-0.05, 0) is 50.7 Å². The molecule has 140 valence electrons. The summed E-state index contributed by atoms with van der Waals surface area (Å²) in [7, 11) is -3.65. The Bertz CT molecular complexity index is 659. The summed E-state index contributed by atoms with van der Waals surface area (Å²) in [5, 5.41) is 3.01. The molecule has 1 heterocycles. The van der Waals surface area contributed by atoms with Gasteiger partial charge in [-0.3, -0.25) is 4.79 Å². The largest absolute Gasteiger partial charge is 0.352 e. The third-order valence-corrected chi connectivity index (χ3v) is 6.59. The number of amides is 1. The number of benzene rings is 1. The van der Waals surface area contributed by atoms with Crippen molar-refractivity contribution in [1.82, 2.24) is 9.62 Å². The number of carbonyl (C=O) groups excluding carboxylic acids is 1. The molecule has 0 saturated carbocycles. The second kappa shape index (κ2) is 8.81. The summed E-state index contributed by atoms with van der Waals surface area (Å²) in [4.78, 5) is 13.0. The Morgan fingerprint density at radius 3 is 2.48 bits per heavy atom. The average molecular weight is 367 g/mol. The maximum atomic E-state index is 12.9. The Balaban J connectivity index is 2.11. The molecule has 1 aliphatic rings. The van der Waals surface area contributed by atoms with Crippen molar-refractivity contribution in [2.75, 3.05) is 6.54 Å². The molecule has 0 aliphatic carbocycles. The van der Waals surface area contributed by atoms with Crippen molar-refractivity contribution in [3.8, 4) is 0 Å². The molecule has 0 radical (unpaired) electrons. The molecule has 0 aromatic heterocycles. The molecular formula is C19H30N2O3S. The van der Waals surface area contributed by atoms with E-state index in [0.717, 1.165) is 25.7 Å². The van der Waals surface area contributed by atoms with Crippen LogP contribution in [0, 0.1) is 5.92 Å². The van der Waals surface area contributed by atoms with Gasteiger partial charge in [0.05, 0.1) is 4.90 Å². The van der Waals surface area contributed by atoms with Gasteiger partial charge in [0.1, 0.15) is 6.04 Å². The molecule has 1 aromatic rings. The first kappa shape index (κ1) is 19.9. The van der Waals surface area contributed by atoms with E-state index < -0.39 is 16.1 Å². The summed E-state index contributed by atoms with van der Waals surface area (Å²) >= 11 is 0. The van der Waals surface area contributed by atoms with Crippen molar-refractivity contribution in [2.45, 2.75) is 69.9 Å². The summed E-state index contributed by atoms with van der Waals surface area (Å²) in [6.07, 6.45) is 4.19. The molecule has 2 rings (SSSR count). The van der Waals surface area contributed by atoms with Gasteiger partial charge in [0, 0.05) is 12.6 Å². The van der Waals surface area contributed by atoms with Crippen molar-refractivity contribution >= 4 is 15.9 Å². The Morgan fingerprint density at radius 1 is 1.16 bits per heavy atom. The summed E-state index contributed by atoms with van der Waals surface area (Å²) in [5.41, 5.74) is 0. The van der Waals surface area contributed by atoms with Crippen LogP contribution < -0.4 is 5.32 Å². The summed E-state index contributed by atoms with van der Waals surface area (Å²) < 4.78 is 27.3. The van der Waals surface area contributed by atoms with E-state index in [1.54, 1.807) is 30.3 Å². The topological polar surface area (TPSA) is 66.5 Å². The molecule has 5 nitrogen and oxygen atoms in total. The van der Waals surface area contributed by atoms with E-state index in [4.69, 9.17) is 0 Å². The number of hydrogen-bond acceptors (Lipinski definition) is 3. The fraction of sp³-hybridized carbons (Fsp3) is 0.632. The standard InChI is InChI=1S/C19H30N2O3S/c1-15(2)12-13-16(3)20-19(22)18-11-7-8-14-21(18)25(23,24)17-9-5-4-6-10-17/h4-6,9-10,15-16,18H,7-8,11-14H2,1-3H3,(H,20,22). The highest BCUT2D eigenvalue weighted by atomic mass is 32.2. The monoisotopic (exact) mass is 366 g/mol. The molecule has 1 saturated heterocycles. The van der Waals surface area contributed by atoms with E-state index in [-0.39, 0.29) is 16.8 Å². The molecule has 1 aliphatic heterocycles. The molecule has 2 atom stereocenters. The molecule has 25 heavy (non-hydrogen) atoms. The first-order chi connectivity index (χ1) is 11.8. The van der Waals surface area contributed by atoms with Crippen LogP contribution in [0.25, 0.3) is 0 Å². The van der Waals surface area contributed by atoms with Crippen molar-refractivity contribution in [1.29, 1.82) is 0 Å². The minimum absolute atomic E-state index is 0.0538. The van der Waals surface area contributed by atoms with Gasteiger partial charge in [-0.2, -0.15) is 4.31 Å². The predicted molar refractivity (Wildman–Crippen MR) is 99.6 cm³/mol. The van der Waals surface area contributed by atoms with Crippen LogP contribution in [0.3, 0.4) is 0 Å². The number of hydrogen-bond donors (Lipinski definition) is 1. The van der Waals surface area contributed by atoms with Crippen LogP contribution >= 0.6 is 0 Å². The average Bonchev–Trinajstić information content (AvgIpc) is 2.60. The zero-order valence-corrected chi connectivity index (χ0v) is 16.3. The quantitative estimate of drug-likeness (QED) is 0.806. The van der Waals surface area contributed by atoms with Crippen LogP contribution in [0.15, 0.2) is 35.2 Å².